The van der Waals surface area contributed by atoms with E-state index in [2.05, 4.69) is 17.3 Å². The molecule has 2 heterocycles. The number of rotatable bonds is 2. The van der Waals surface area contributed by atoms with Gasteiger partial charge in [0, 0.05) is 24.3 Å². The maximum absolute atomic E-state index is 5.35. The van der Waals surface area contributed by atoms with E-state index in [0.29, 0.717) is 12.8 Å². The van der Waals surface area contributed by atoms with Crippen molar-refractivity contribution < 1.29 is 9.47 Å². The Kier molecular flexibility index (Phi) is 2.36. The lowest BCUT2D eigenvalue weighted by molar-refractivity contribution is 0.174. The monoisotopic (exact) mass is 220 g/mol. The van der Waals surface area contributed by atoms with Gasteiger partial charge in [0.1, 0.15) is 0 Å². The van der Waals surface area contributed by atoms with E-state index < -0.39 is 0 Å². The van der Waals surface area contributed by atoms with Gasteiger partial charge in [-0.25, -0.2) is 0 Å². The first-order valence-corrected chi connectivity index (χ1v) is 5.66. The Bertz CT molecular complexity index is 395. The zero-order chi connectivity index (χ0) is 11.0. The molecule has 0 radical (unpaired) electrons. The summed E-state index contributed by atoms with van der Waals surface area (Å²) in [5.74, 6) is 1.69. The van der Waals surface area contributed by atoms with Crippen molar-refractivity contribution >= 4 is 5.69 Å². The van der Waals surface area contributed by atoms with Crippen LogP contribution in [0.4, 0.5) is 5.69 Å². The summed E-state index contributed by atoms with van der Waals surface area (Å²) < 4.78 is 10.6. The summed E-state index contributed by atoms with van der Waals surface area (Å²) in [6.07, 6.45) is 1.20. The van der Waals surface area contributed by atoms with Crippen LogP contribution < -0.4 is 14.8 Å². The number of anilines is 1. The van der Waals surface area contributed by atoms with Gasteiger partial charge in [-0.2, -0.15) is 0 Å². The average Bonchev–Trinajstić information content (AvgIpc) is 2.87. The lowest BCUT2D eigenvalue weighted by Crippen LogP contribution is -2.23. The molecule has 0 aliphatic carbocycles. The van der Waals surface area contributed by atoms with Gasteiger partial charge in [0.2, 0.25) is 6.79 Å². The van der Waals surface area contributed by atoms with Gasteiger partial charge in [0.15, 0.2) is 11.5 Å². The highest BCUT2D eigenvalue weighted by atomic mass is 16.7. The van der Waals surface area contributed by atoms with Crippen molar-refractivity contribution in [2.24, 2.45) is 0 Å². The van der Waals surface area contributed by atoms with E-state index in [9.17, 15) is 0 Å². The smallest absolute Gasteiger partial charge is 0.231 e. The largest absolute Gasteiger partial charge is 0.454 e. The third-order valence-corrected chi connectivity index (χ3v) is 3.13. The predicted octanol–water partition coefficient (Wildman–Crippen LogP) is 1.53. The molecule has 1 unspecified atom stereocenters. The number of likely N-dealkylation sites (tertiary alicyclic amines) is 1. The standard InChI is InChI=1S/C12H16N2O2/c1-14-5-4-10(7-14)13-9-2-3-11-12(6-9)16-8-15-11/h2-3,6,10,13H,4-5,7-8H2,1H3. The summed E-state index contributed by atoms with van der Waals surface area (Å²) in [6, 6.07) is 6.57. The predicted molar refractivity (Wildman–Crippen MR) is 62.1 cm³/mol. The Labute approximate surface area is 95.1 Å². The molecular formula is C12H16N2O2. The Morgan fingerprint density at radius 3 is 3.00 bits per heavy atom. The van der Waals surface area contributed by atoms with E-state index in [1.165, 1.54) is 13.0 Å². The van der Waals surface area contributed by atoms with Crippen LogP contribution in [0.15, 0.2) is 18.2 Å². The Balaban J connectivity index is 1.71. The van der Waals surface area contributed by atoms with Gasteiger partial charge >= 0.3 is 0 Å². The number of nitrogens with zero attached hydrogens (tertiary/aromatic N) is 1. The first-order chi connectivity index (χ1) is 7.81. The number of hydrogen-bond acceptors (Lipinski definition) is 4. The molecule has 4 nitrogen and oxygen atoms in total. The molecule has 0 bridgehead atoms. The second-order valence-corrected chi connectivity index (χ2v) is 4.46. The molecule has 0 saturated carbocycles. The number of ether oxygens (including phenoxy) is 2. The molecule has 2 aliphatic heterocycles. The maximum Gasteiger partial charge on any atom is 0.231 e. The van der Waals surface area contributed by atoms with Gasteiger partial charge in [0.25, 0.3) is 0 Å². The molecule has 16 heavy (non-hydrogen) atoms. The lowest BCUT2D eigenvalue weighted by atomic mass is 10.2. The molecule has 1 aromatic rings. The van der Waals surface area contributed by atoms with Crippen LogP contribution in [0.3, 0.4) is 0 Å². The molecule has 1 fully saturated rings. The van der Waals surface area contributed by atoms with E-state index in [-0.39, 0.29) is 0 Å². The highest BCUT2D eigenvalue weighted by molar-refractivity contribution is 5.56. The SMILES string of the molecule is CN1CCC(Nc2ccc3c(c2)OCO3)C1. The second-order valence-electron chi connectivity index (χ2n) is 4.46. The number of hydrogen-bond donors (Lipinski definition) is 1. The van der Waals surface area contributed by atoms with Crippen molar-refractivity contribution in [1.29, 1.82) is 0 Å². The minimum absolute atomic E-state index is 0.338. The Morgan fingerprint density at radius 2 is 2.19 bits per heavy atom. The first kappa shape index (κ1) is 9.78. The summed E-state index contributed by atoms with van der Waals surface area (Å²) in [6.45, 7) is 2.61. The molecule has 3 rings (SSSR count). The molecule has 0 spiro atoms. The minimum Gasteiger partial charge on any atom is -0.454 e. The normalized spacial score (nSPS) is 23.7. The molecule has 1 aromatic carbocycles. The minimum atomic E-state index is 0.338. The van der Waals surface area contributed by atoms with Gasteiger partial charge < -0.3 is 19.7 Å². The first-order valence-electron chi connectivity index (χ1n) is 5.66. The molecule has 2 aliphatic rings. The van der Waals surface area contributed by atoms with Gasteiger partial charge in [-0.1, -0.05) is 0 Å². The Morgan fingerprint density at radius 1 is 1.31 bits per heavy atom. The van der Waals surface area contributed by atoms with E-state index in [0.717, 1.165) is 23.7 Å². The van der Waals surface area contributed by atoms with Crippen molar-refractivity contribution in [2.75, 3.05) is 32.2 Å². The van der Waals surface area contributed by atoms with Crippen LogP contribution in [-0.4, -0.2) is 37.9 Å². The fraction of sp³-hybridized carbons (Fsp3) is 0.500. The van der Waals surface area contributed by atoms with Gasteiger partial charge in [-0.3, -0.25) is 0 Å². The second kappa shape index (κ2) is 3.87. The molecule has 4 heteroatoms. The summed E-state index contributed by atoms with van der Waals surface area (Å²) in [5.41, 5.74) is 1.12. The molecule has 0 amide bonds. The third kappa shape index (κ3) is 1.80. The van der Waals surface area contributed by atoms with Crippen molar-refractivity contribution in [3.8, 4) is 11.5 Å². The number of nitrogens with one attached hydrogen (secondary N) is 1. The topological polar surface area (TPSA) is 33.7 Å². The summed E-state index contributed by atoms with van der Waals surface area (Å²) >= 11 is 0. The summed E-state index contributed by atoms with van der Waals surface area (Å²) in [4.78, 5) is 2.34. The summed E-state index contributed by atoms with van der Waals surface area (Å²) in [5, 5.41) is 3.52. The van der Waals surface area contributed by atoms with E-state index in [1.807, 2.05) is 18.2 Å². The molecule has 86 valence electrons. The fourth-order valence-electron chi connectivity index (χ4n) is 2.27. The average molecular weight is 220 g/mol. The van der Waals surface area contributed by atoms with E-state index in [4.69, 9.17) is 9.47 Å². The van der Waals surface area contributed by atoms with Gasteiger partial charge in [-0.05, 0) is 32.1 Å². The maximum atomic E-state index is 5.35. The van der Waals surface area contributed by atoms with Crippen LogP contribution in [0.2, 0.25) is 0 Å². The van der Waals surface area contributed by atoms with Crippen LogP contribution in [-0.2, 0) is 0 Å². The van der Waals surface area contributed by atoms with Crippen LogP contribution in [0, 0.1) is 0 Å². The van der Waals surface area contributed by atoms with Crippen molar-refractivity contribution in [1.82, 2.24) is 4.90 Å². The molecule has 0 aromatic heterocycles. The Hall–Kier alpha value is -1.42. The van der Waals surface area contributed by atoms with E-state index in [1.54, 1.807) is 0 Å². The molecule has 1 saturated heterocycles. The van der Waals surface area contributed by atoms with Crippen LogP contribution >= 0.6 is 0 Å². The van der Waals surface area contributed by atoms with Crippen molar-refractivity contribution in [3.63, 3.8) is 0 Å². The molecule has 1 atom stereocenters. The quantitative estimate of drug-likeness (QED) is 0.819. The van der Waals surface area contributed by atoms with Crippen molar-refractivity contribution in [3.05, 3.63) is 18.2 Å². The molecular weight excluding hydrogens is 204 g/mol. The van der Waals surface area contributed by atoms with Crippen LogP contribution in [0.5, 0.6) is 11.5 Å². The van der Waals surface area contributed by atoms with Gasteiger partial charge in [0.05, 0.1) is 0 Å². The highest BCUT2D eigenvalue weighted by Crippen LogP contribution is 2.34. The molecule has 1 N–H and O–H groups in total. The van der Waals surface area contributed by atoms with Gasteiger partial charge in [-0.15, -0.1) is 0 Å². The lowest BCUT2D eigenvalue weighted by Gasteiger charge is -2.14. The number of benzene rings is 1. The summed E-state index contributed by atoms with van der Waals surface area (Å²) in [7, 11) is 2.15. The van der Waals surface area contributed by atoms with E-state index >= 15 is 0 Å². The van der Waals surface area contributed by atoms with Crippen molar-refractivity contribution in [2.45, 2.75) is 12.5 Å². The van der Waals surface area contributed by atoms with Crippen LogP contribution in [0.25, 0.3) is 0 Å². The fourth-order valence-corrected chi connectivity index (χ4v) is 2.27. The van der Waals surface area contributed by atoms with Crippen LogP contribution in [0.1, 0.15) is 6.42 Å². The number of fused-ring (bicyclic) bond motifs is 1. The zero-order valence-corrected chi connectivity index (χ0v) is 9.40. The highest BCUT2D eigenvalue weighted by Gasteiger charge is 2.20. The number of likely N-dealkylation sites (N-methyl/N-ethyl adjacent to an activating group) is 1. The zero-order valence-electron chi connectivity index (χ0n) is 9.40. The third-order valence-electron chi connectivity index (χ3n) is 3.13.